The first kappa shape index (κ1) is 21.7. The van der Waals surface area contributed by atoms with Gasteiger partial charge < -0.3 is 14.8 Å². The number of ether oxygens (including phenoxy) is 2. The molecule has 0 aliphatic carbocycles. The molecule has 158 valence electrons. The van der Waals surface area contributed by atoms with Crippen molar-refractivity contribution in [3.05, 3.63) is 59.2 Å². The zero-order valence-corrected chi connectivity index (χ0v) is 18.3. The number of amidine groups is 1. The number of thioether (sulfide) groups is 1. The highest BCUT2D eigenvalue weighted by Gasteiger charge is 2.32. The molecule has 1 atom stereocenters. The largest absolute Gasteiger partial charge is 0.490 e. The van der Waals surface area contributed by atoms with Crippen molar-refractivity contribution in [1.82, 2.24) is 10.3 Å². The summed E-state index contributed by atoms with van der Waals surface area (Å²) in [6.45, 7) is 7.69. The van der Waals surface area contributed by atoms with E-state index in [1.807, 2.05) is 50.2 Å². The predicted octanol–water partition coefficient (Wildman–Crippen LogP) is 3.76. The number of carbonyl (C=O) groups is 2. The third-order valence-corrected chi connectivity index (χ3v) is 5.45. The normalized spacial score (nSPS) is 15.5. The fourth-order valence-corrected chi connectivity index (χ4v) is 4.04. The predicted molar refractivity (Wildman–Crippen MR) is 117 cm³/mol. The number of benzene rings is 2. The number of nitrogens with one attached hydrogen (secondary N) is 1. The third kappa shape index (κ3) is 5.54. The van der Waals surface area contributed by atoms with E-state index in [4.69, 9.17) is 9.47 Å². The Labute approximate surface area is 180 Å². The molecule has 3 rings (SSSR count). The summed E-state index contributed by atoms with van der Waals surface area (Å²) < 4.78 is 11.7. The smallest absolute Gasteiger partial charge is 0.241 e. The Morgan fingerprint density at radius 1 is 1.10 bits per heavy atom. The number of hydrogen-bond donors (Lipinski definition) is 1. The maximum atomic E-state index is 12.0. The second-order valence-corrected chi connectivity index (χ2v) is 8.03. The number of nitrogens with zero attached hydrogens (tertiary/aromatic N) is 2. The van der Waals surface area contributed by atoms with E-state index in [-0.39, 0.29) is 17.2 Å². The number of aryl methyl sites for hydroxylation is 2. The summed E-state index contributed by atoms with van der Waals surface area (Å²) >= 11 is 1.31. The molecule has 1 aliphatic rings. The fraction of sp³-hybridized carbons (Fsp3) is 0.318. The quantitative estimate of drug-likeness (QED) is 0.710. The summed E-state index contributed by atoms with van der Waals surface area (Å²) in [5.74, 6) is 1.09. The van der Waals surface area contributed by atoms with Crippen LogP contribution in [0, 0.1) is 13.8 Å². The first-order valence-corrected chi connectivity index (χ1v) is 10.5. The van der Waals surface area contributed by atoms with Crippen molar-refractivity contribution in [1.29, 1.82) is 0 Å². The van der Waals surface area contributed by atoms with Crippen LogP contribution in [-0.4, -0.2) is 35.2 Å². The average Bonchev–Trinajstić information content (AvgIpc) is 3.11. The lowest BCUT2D eigenvalue weighted by atomic mass is 10.1. The van der Waals surface area contributed by atoms with Crippen molar-refractivity contribution in [2.75, 3.05) is 13.2 Å². The van der Waals surface area contributed by atoms with Gasteiger partial charge in [-0.15, -0.1) is 5.10 Å². The average molecular weight is 428 g/mol. The zero-order chi connectivity index (χ0) is 21.7. The number of amides is 2. The van der Waals surface area contributed by atoms with Crippen LogP contribution in [0.3, 0.4) is 0 Å². The Kier molecular flexibility index (Phi) is 6.99. The topological polar surface area (TPSA) is 80.2 Å². The lowest BCUT2D eigenvalue weighted by Crippen LogP contribution is -2.25. The molecule has 1 N–H and O–H groups in total. The summed E-state index contributed by atoms with van der Waals surface area (Å²) in [4.78, 5) is 23.3. The first-order valence-electron chi connectivity index (χ1n) is 9.59. The molecular formula is C22H25N3O4S. The Morgan fingerprint density at radius 3 is 2.60 bits per heavy atom. The van der Waals surface area contributed by atoms with Crippen LogP contribution in [0.4, 0.5) is 0 Å². The van der Waals surface area contributed by atoms with E-state index in [2.05, 4.69) is 16.5 Å². The van der Waals surface area contributed by atoms with Crippen molar-refractivity contribution in [2.24, 2.45) is 5.10 Å². The molecule has 0 fully saturated rings. The van der Waals surface area contributed by atoms with Crippen LogP contribution in [0.1, 0.15) is 35.9 Å². The van der Waals surface area contributed by atoms with Gasteiger partial charge in [-0.1, -0.05) is 36.0 Å². The molecule has 0 radical (unpaired) electrons. The SMILES string of the molecule is CC(=O)NC1=NN(C(C)=O)C(c2cccc(OCCOc3cc(C)ccc3C)c2)S1. The van der Waals surface area contributed by atoms with Crippen molar-refractivity contribution >= 4 is 28.7 Å². The van der Waals surface area contributed by atoms with Gasteiger partial charge in [-0.3, -0.25) is 9.59 Å². The van der Waals surface area contributed by atoms with Gasteiger partial charge in [0, 0.05) is 13.8 Å². The molecule has 0 saturated heterocycles. The van der Waals surface area contributed by atoms with E-state index >= 15 is 0 Å². The van der Waals surface area contributed by atoms with E-state index in [1.165, 1.54) is 30.6 Å². The van der Waals surface area contributed by atoms with Crippen molar-refractivity contribution in [2.45, 2.75) is 33.1 Å². The molecule has 2 amide bonds. The Morgan fingerprint density at radius 2 is 1.87 bits per heavy atom. The zero-order valence-electron chi connectivity index (χ0n) is 17.5. The maximum Gasteiger partial charge on any atom is 0.241 e. The number of hydrogen-bond acceptors (Lipinski definition) is 6. The Hall–Kier alpha value is -3.00. The van der Waals surface area contributed by atoms with Crippen LogP contribution in [0.2, 0.25) is 0 Å². The van der Waals surface area contributed by atoms with E-state index < -0.39 is 0 Å². The maximum absolute atomic E-state index is 12.0. The van der Waals surface area contributed by atoms with Gasteiger partial charge in [0.05, 0.1) is 0 Å². The molecule has 8 heteroatoms. The summed E-state index contributed by atoms with van der Waals surface area (Å²) in [7, 11) is 0. The standard InChI is InChI=1S/C22H25N3O4S/c1-14-8-9-15(2)20(12-14)29-11-10-28-19-7-5-6-18(13-19)21-25(17(4)27)24-22(30-21)23-16(3)26/h5-9,12-13,21H,10-11H2,1-4H3,(H,23,24,26). The van der Waals surface area contributed by atoms with Gasteiger partial charge in [0.1, 0.15) is 30.1 Å². The Balaban J connectivity index is 1.61. The third-order valence-electron chi connectivity index (χ3n) is 4.35. The van der Waals surface area contributed by atoms with Crippen LogP contribution in [0.15, 0.2) is 47.6 Å². The minimum atomic E-state index is -0.362. The van der Waals surface area contributed by atoms with Crippen molar-refractivity contribution in [3.63, 3.8) is 0 Å². The number of hydrazone groups is 1. The van der Waals surface area contributed by atoms with Gasteiger partial charge in [-0.05, 0) is 48.7 Å². The van der Waals surface area contributed by atoms with Crippen LogP contribution in [0.25, 0.3) is 0 Å². The van der Waals surface area contributed by atoms with E-state index in [9.17, 15) is 9.59 Å². The van der Waals surface area contributed by atoms with Crippen LogP contribution in [-0.2, 0) is 9.59 Å². The second-order valence-electron chi connectivity index (χ2n) is 6.96. The molecule has 2 aromatic rings. The van der Waals surface area contributed by atoms with Crippen molar-refractivity contribution < 1.29 is 19.1 Å². The second kappa shape index (κ2) is 9.67. The summed E-state index contributed by atoms with van der Waals surface area (Å²) in [6.07, 6.45) is 0. The number of carbonyl (C=O) groups excluding carboxylic acids is 2. The van der Waals surface area contributed by atoms with E-state index in [0.29, 0.717) is 24.1 Å². The van der Waals surface area contributed by atoms with E-state index in [1.54, 1.807) is 0 Å². The minimum Gasteiger partial charge on any atom is -0.490 e. The highest BCUT2D eigenvalue weighted by molar-refractivity contribution is 8.14. The molecule has 0 bridgehead atoms. The lowest BCUT2D eigenvalue weighted by Gasteiger charge is -2.20. The fourth-order valence-electron chi connectivity index (χ4n) is 2.91. The first-order chi connectivity index (χ1) is 14.3. The Bertz CT molecular complexity index is 977. The van der Waals surface area contributed by atoms with Crippen molar-refractivity contribution in [3.8, 4) is 11.5 Å². The molecule has 0 aromatic heterocycles. The van der Waals surface area contributed by atoms with Gasteiger partial charge in [0.15, 0.2) is 5.17 Å². The minimum absolute atomic E-state index is 0.207. The van der Waals surface area contributed by atoms with E-state index in [0.717, 1.165) is 22.4 Å². The molecule has 30 heavy (non-hydrogen) atoms. The summed E-state index contributed by atoms with van der Waals surface area (Å²) in [5.41, 5.74) is 3.08. The van der Waals surface area contributed by atoms with Gasteiger partial charge in [-0.2, -0.15) is 0 Å². The monoisotopic (exact) mass is 427 g/mol. The van der Waals surface area contributed by atoms with Crippen LogP contribution in [0.5, 0.6) is 11.5 Å². The molecule has 0 spiro atoms. The van der Waals surface area contributed by atoms with Crippen LogP contribution >= 0.6 is 11.8 Å². The lowest BCUT2D eigenvalue weighted by molar-refractivity contribution is -0.129. The summed E-state index contributed by atoms with van der Waals surface area (Å²) in [5, 5.41) is 8.25. The molecular weight excluding hydrogens is 402 g/mol. The van der Waals surface area contributed by atoms with Crippen LogP contribution < -0.4 is 14.8 Å². The number of rotatable bonds is 6. The molecule has 1 aliphatic heterocycles. The van der Waals surface area contributed by atoms with Gasteiger partial charge in [-0.25, -0.2) is 5.01 Å². The van der Waals surface area contributed by atoms with Gasteiger partial charge >= 0.3 is 0 Å². The highest BCUT2D eigenvalue weighted by atomic mass is 32.2. The molecule has 7 nitrogen and oxygen atoms in total. The molecule has 2 aromatic carbocycles. The molecule has 1 heterocycles. The molecule has 1 unspecified atom stereocenters. The van der Waals surface area contributed by atoms with Gasteiger partial charge in [0.25, 0.3) is 0 Å². The molecule has 0 saturated carbocycles. The highest BCUT2D eigenvalue weighted by Crippen LogP contribution is 2.39. The van der Waals surface area contributed by atoms with Gasteiger partial charge in [0.2, 0.25) is 11.8 Å². The summed E-state index contributed by atoms with van der Waals surface area (Å²) in [6, 6.07) is 13.6.